The largest absolute Gasteiger partial charge is 0.540 e. The summed E-state index contributed by atoms with van der Waals surface area (Å²) in [5.74, 6) is 0.283. The quantitative estimate of drug-likeness (QED) is 0.418. The molecule has 0 amide bonds. The Kier molecular flexibility index (Phi) is 5.96. The molecule has 0 unspecified atom stereocenters. The normalized spacial score (nSPS) is 12.7. The molecule has 0 N–H and O–H groups in total. The van der Waals surface area contributed by atoms with E-state index in [0.717, 1.165) is 6.42 Å². The van der Waals surface area contributed by atoms with Gasteiger partial charge in [0.05, 0.1) is 6.61 Å². The molecule has 0 bridgehead atoms. The van der Waals surface area contributed by atoms with Gasteiger partial charge in [0.15, 0.2) is 0 Å². The van der Waals surface area contributed by atoms with Crippen molar-refractivity contribution >= 4 is 6.16 Å². The molecule has 4 nitrogen and oxygen atoms in total. The predicted octanol–water partition coefficient (Wildman–Crippen LogP) is 3.94. The highest BCUT2D eigenvalue weighted by Gasteiger charge is 2.29. The molecule has 0 aliphatic rings. The second kappa shape index (κ2) is 6.24. The van der Waals surface area contributed by atoms with Crippen LogP contribution in [-0.2, 0) is 14.5 Å². The summed E-state index contributed by atoms with van der Waals surface area (Å²) in [6, 6.07) is 0. The van der Waals surface area contributed by atoms with E-state index in [0.29, 0.717) is 6.61 Å². The summed E-state index contributed by atoms with van der Waals surface area (Å²) in [5.41, 5.74) is -0.413. The number of carbonyl (C=O) groups is 1. The van der Waals surface area contributed by atoms with Crippen LogP contribution in [0.2, 0.25) is 0 Å². The fraction of sp³-hybridized carbons (Fsp3) is 0.923. The first kappa shape index (κ1) is 16.2. The van der Waals surface area contributed by atoms with E-state index in [1.807, 2.05) is 27.7 Å². The Balaban J connectivity index is 3.97. The third-order valence-electron chi connectivity index (χ3n) is 1.83. The highest BCUT2D eigenvalue weighted by molar-refractivity contribution is 5.58. The van der Waals surface area contributed by atoms with Crippen LogP contribution in [0, 0.1) is 11.3 Å². The molecule has 0 aromatic rings. The fourth-order valence-electron chi connectivity index (χ4n) is 1.71. The van der Waals surface area contributed by atoms with Crippen LogP contribution in [0.5, 0.6) is 0 Å². The van der Waals surface area contributed by atoms with Crippen molar-refractivity contribution in [3.8, 4) is 0 Å². The van der Waals surface area contributed by atoms with E-state index in [1.165, 1.54) is 0 Å². The van der Waals surface area contributed by atoms with Crippen LogP contribution in [-0.4, -0.2) is 18.4 Å². The van der Waals surface area contributed by atoms with E-state index < -0.39 is 11.8 Å². The van der Waals surface area contributed by atoms with Gasteiger partial charge >= 0.3 is 6.16 Å². The van der Waals surface area contributed by atoms with Crippen molar-refractivity contribution in [1.29, 1.82) is 0 Å². The van der Waals surface area contributed by atoms with Gasteiger partial charge in [-0.3, -0.25) is 4.89 Å². The van der Waals surface area contributed by atoms with Crippen molar-refractivity contribution < 1.29 is 19.3 Å². The summed E-state index contributed by atoms with van der Waals surface area (Å²) >= 11 is 0. The zero-order chi connectivity index (χ0) is 13.7. The number of carbonyl (C=O) groups excluding carboxylic acids is 1. The van der Waals surface area contributed by atoms with Gasteiger partial charge in [-0.15, -0.1) is 0 Å². The molecular weight excluding hydrogens is 220 g/mol. The molecule has 0 aromatic heterocycles. The summed E-state index contributed by atoms with van der Waals surface area (Å²) in [5, 5.41) is 0. The minimum atomic E-state index is -0.777. The van der Waals surface area contributed by atoms with Crippen molar-refractivity contribution in [3.05, 3.63) is 0 Å². The second-order valence-electron chi connectivity index (χ2n) is 6.62. The highest BCUT2D eigenvalue weighted by Crippen LogP contribution is 2.29. The Morgan fingerprint density at radius 2 is 1.65 bits per heavy atom. The first-order chi connectivity index (χ1) is 7.52. The summed E-state index contributed by atoms with van der Waals surface area (Å²) in [4.78, 5) is 21.0. The molecular formula is C13H26O4. The van der Waals surface area contributed by atoms with Gasteiger partial charge in [0.2, 0.25) is 0 Å². The van der Waals surface area contributed by atoms with Crippen LogP contribution < -0.4 is 0 Å². The van der Waals surface area contributed by atoms with Gasteiger partial charge in [-0.2, -0.15) is 4.89 Å². The van der Waals surface area contributed by atoms with Crippen molar-refractivity contribution in [3.63, 3.8) is 0 Å². The Bertz CT molecular complexity index is 238. The first-order valence-corrected chi connectivity index (χ1v) is 6.04. The van der Waals surface area contributed by atoms with E-state index in [-0.39, 0.29) is 11.3 Å². The molecule has 0 spiro atoms. The molecule has 17 heavy (non-hydrogen) atoms. The van der Waals surface area contributed by atoms with Crippen molar-refractivity contribution in [2.24, 2.45) is 11.3 Å². The molecule has 0 saturated carbocycles. The molecule has 4 heteroatoms. The number of ether oxygens (including phenoxy) is 1. The molecule has 0 aromatic carbocycles. The van der Waals surface area contributed by atoms with Crippen LogP contribution in [0.3, 0.4) is 0 Å². The number of hydrogen-bond donors (Lipinski definition) is 0. The lowest BCUT2D eigenvalue weighted by molar-refractivity contribution is -0.322. The van der Waals surface area contributed by atoms with E-state index in [4.69, 9.17) is 9.62 Å². The van der Waals surface area contributed by atoms with E-state index in [1.54, 1.807) is 0 Å². The maximum atomic E-state index is 11.2. The van der Waals surface area contributed by atoms with Gasteiger partial charge in [0, 0.05) is 0 Å². The summed E-state index contributed by atoms with van der Waals surface area (Å²) in [6.07, 6.45) is -0.00189. The topological polar surface area (TPSA) is 44.8 Å². The standard InChI is InChI=1S/C13H26O4/c1-10(2)8-15-11(14)16-17-13(6,7)9-12(3,4)5/h10H,8-9H2,1-7H3. The summed E-state index contributed by atoms with van der Waals surface area (Å²) in [6.45, 7) is 14.3. The van der Waals surface area contributed by atoms with E-state index in [2.05, 4.69) is 25.7 Å². The van der Waals surface area contributed by atoms with Gasteiger partial charge in [-0.1, -0.05) is 34.6 Å². The lowest BCUT2D eigenvalue weighted by Gasteiger charge is -2.30. The maximum absolute atomic E-state index is 11.2. The van der Waals surface area contributed by atoms with E-state index in [9.17, 15) is 4.79 Å². The van der Waals surface area contributed by atoms with Gasteiger partial charge < -0.3 is 4.74 Å². The molecule has 0 saturated heterocycles. The lowest BCUT2D eigenvalue weighted by atomic mass is 9.84. The SMILES string of the molecule is CC(C)COC(=O)OOC(C)(C)CC(C)(C)C. The third kappa shape index (κ3) is 10.1. The second-order valence-corrected chi connectivity index (χ2v) is 6.62. The van der Waals surface area contributed by atoms with Crippen molar-refractivity contribution in [1.82, 2.24) is 0 Å². The molecule has 0 heterocycles. The first-order valence-electron chi connectivity index (χ1n) is 6.04. The molecule has 0 radical (unpaired) electrons. The summed E-state index contributed by atoms with van der Waals surface area (Å²) < 4.78 is 4.84. The van der Waals surface area contributed by atoms with Gasteiger partial charge in [0.25, 0.3) is 0 Å². The van der Waals surface area contributed by atoms with Crippen molar-refractivity contribution in [2.45, 2.75) is 60.5 Å². The van der Waals surface area contributed by atoms with Crippen LogP contribution >= 0.6 is 0 Å². The minimum Gasteiger partial charge on any atom is -0.432 e. The highest BCUT2D eigenvalue weighted by atomic mass is 17.2. The van der Waals surface area contributed by atoms with Gasteiger partial charge in [-0.25, -0.2) is 4.79 Å². The minimum absolute atomic E-state index is 0.106. The van der Waals surface area contributed by atoms with Crippen LogP contribution in [0.4, 0.5) is 4.79 Å². The van der Waals surface area contributed by atoms with Crippen LogP contribution in [0.15, 0.2) is 0 Å². The van der Waals surface area contributed by atoms with Gasteiger partial charge in [0.1, 0.15) is 5.60 Å². The Morgan fingerprint density at radius 1 is 1.12 bits per heavy atom. The zero-order valence-electron chi connectivity index (χ0n) is 12.1. The fourth-order valence-corrected chi connectivity index (χ4v) is 1.71. The average Bonchev–Trinajstić information content (AvgIpc) is 2.07. The Morgan fingerprint density at radius 3 is 2.06 bits per heavy atom. The molecule has 102 valence electrons. The molecule has 0 aliphatic heterocycles. The third-order valence-corrected chi connectivity index (χ3v) is 1.83. The van der Waals surface area contributed by atoms with E-state index >= 15 is 0 Å². The molecule has 0 rings (SSSR count). The van der Waals surface area contributed by atoms with Crippen LogP contribution in [0.25, 0.3) is 0 Å². The number of hydrogen-bond acceptors (Lipinski definition) is 4. The van der Waals surface area contributed by atoms with Crippen LogP contribution in [0.1, 0.15) is 54.9 Å². The molecule has 0 atom stereocenters. The maximum Gasteiger partial charge on any atom is 0.540 e. The Hall–Kier alpha value is -0.770. The lowest BCUT2D eigenvalue weighted by Crippen LogP contribution is -2.31. The number of rotatable bonds is 5. The van der Waals surface area contributed by atoms with Gasteiger partial charge in [-0.05, 0) is 31.6 Å². The predicted molar refractivity (Wildman–Crippen MR) is 66.5 cm³/mol. The zero-order valence-corrected chi connectivity index (χ0v) is 12.1. The molecule has 0 aliphatic carbocycles. The smallest absolute Gasteiger partial charge is 0.432 e. The Labute approximate surface area is 105 Å². The molecule has 0 fully saturated rings. The monoisotopic (exact) mass is 246 g/mol. The van der Waals surface area contributed by atoms with Crippen molar-refractivity contribution in [2.75, 3.05) is 6.61 Å². The average molecular weight is 246 g/mol. The summed E-state index contributed by atoms with van der Waals surface area (Å²) in [7, 11) is 0.